The minimum Gasteiger partial charge on any atom is -0.507 e. The molecule has 1 unspecified atom stereocenters. The van der Waals surface area contributed by atoms with Gasteiger partial charge in [-0.1, -0.05) is 22.9 Å². The van der Waals surface area contributed by atoms with Gasteiger partial charge in [0, 0.05) is 4.47 Å². The van der Waals surface area contributed by atoms with Crippen molar-refractivity contribution in [1.29, 1.82) is 0 Å². The summed E-state index contributed by atoms with van der Waals surface area (Å²) < 4.78 is 1.07. The highest BCUT2D eigenvalue weighted by Gasteiger charge is 2.15. The first-order valence-electron chi connectivity index (χ1n) is 5.17. The lowest BCUT2D eigenvalue weighted by Crippen LogP contribution is -2.07. The van der Waals surface area contributed by atoms with Crippen LogP contribution in [0, 0.1) is 13.8 Å². The largest absolute Gasteiger partial charge is 0.507 e. The third-order valence-electron chi connectivity index (χ3n) is 2.83. The standard InChI is InChI=1S/C12H18BrNO/c1-7(4-5-14)11-9(3)12(15)8(2)6-10(11)13/h6-7,15H,4-5,14H2,1-3H3. The molecule has 0 aliphatic carbocycles. The quantitative estimate of drug-likeness (QED) is 0.887. The Kier molecular flexibility index (Phi) is 4.17. The summed E-state index contributed by atoms with van der Waals surface area (Å²) in [5, 5.41) is 9.88. The molecule has 0 aliphatic heterocycles. The topological polar surface area (TPSA) is 46.2 Å². The second kappa shape index (κ2) is 4.99. The van der Waals surface area contributed by atoms with E-state index >= 15 is 0 Å². The number of phenolic OH excluding ortho intramolecular Hbond substituents is 1. The van der Waals surface area contributed by atoms with Crippen LogP contribution in [0.15, 0.2) is 10.5 Å². The Bertz CT molecular complexity index is 363. The third-order valence-corrected chi connectivity index (χ3v) is 3.48. The van der Waals surface area contributed by atoms with E-state index in [-0.39, 0.29) is 0 Å². The van der Waals surface area contributed by atoms with Gasteiger partial charge in [0.1, 0.15) is 5.75 Å². The molecule has 0 heterocycles. The van der Waals surface area contributed by atoms with Crippen molar-refractivity contribution in [2.24, 2.45) is 5.73 Å². The summed E-state index contributed by atoms with van der Waals surface area (Å²) >= 11 is 3.55. The molecule has 84 valence electrons. The molecule has 3 N–H and O–H groups in total. The molecule has 0 aromatic heterocycles. The molecule has 2 nitrogen and oxygen atoms in total. The molecular weight excluding hydrogens is 254 g/mol. The first kappa shape index (κ1) is 12.5. The van der Waals surface area contributed by atoms with Gasteiger partial charge >= 0.3 is 0 Å². The third kappa shape index (κ3) is 2.52. The molecule has 0 radical (unpaired) electrons. The van der Waals surface area contributed by atoms with E-state index in [0.29, 0.717) is 18.2 Å². The predicted octanol–water partition coefficient (Wildman–Crippen LogP) is 3.22. The minimum atomic E-state index is 0.371. The van der Waals surface area contributed by atoms with Crippen LogP contribution >= 0.6 is 15.9 Å². The molecule has 1 atom stereocenters. The summed E-state index contributed by atoms with van der Waals surface area (Å²) in [6.07, 6.45) is 0.932. The van der Waals surface area contributed by atoms with E-state index in [0.717, 1.165) is 22.0 Å². The van der Waals surface area contributed by atoms with Gasteiger partial charge < -0.3 is 10.8 Å². The van der Waals surface area contributed by atoms with Gasteiger partial charge in [0.05, 0.1) is 0 Å². The van der Waals surface area contributed by atoms with E-state index < -0.39 is 0 Å². The maximum absolute atomic E-state index is 9.88. The van der Waals surface area contributed by atoms with E-state index in [9.17, 15) is 5.11 Å². The van der Waals surface area contributed by atoms with Crippen LogP contribution in [-0.4, -0.2) is 11.7 Å². The fraction of sp³-hybridized carbons (Fsp3) is 0.500. The fourth-order valence-electron chi connectivity index (χ4n) is 1.94. The summed E-state index contributed by atoms with van der Waals surface area (Å²) in [5.74, 6) is 0.771. The molecule has 1 aromatic carbocycles. The first-order valence-corrected chi connectivity index (χ1v) is 5.97. The number of nitrogens with two attached hydrogens (primary N) is 1. The van der Waals surface area contributed by atoms with Crippen molar-refractivity contribution in [2.75, 3.05) is 6.54 Å². The molecule has 1 rings (SSSR count). The summed E-state index contributed by atoms with van der Waals surface area (Å²) in [6.45, 7) is 6.66. The van der Waals surface area contributed by atoms with Crippen molar-refractivity contribution >= 4 is 15.9 Å². The molecule has 0 aliphatic rings. The summed E-state index contributed by atoms with van der Waals surface area (Å²) in [7, 11) is 0. The molecule has 3 heteroatoms. The SMILES string of the molecule is Cc1cc(Br)c(C(C)CCN)c(C)c1O. The number of hydrogen-bond donors (Lipinski definition) is 2. The molecule has 0 fully saturated rings. The number of aromatic hydroxyl groups is 1. The van der Waals surface area contributed by atoms with Crippen LogP contribution in [0.4, 0.5) is 0 Å². The number of rotatable bonds is 3. The smallest absolute Gasteiger partial charge is 0.121 e. The molecule has 0 amide bonds. The summed E-state index contributed by atoms with van der Waals surface area (Å²) in [4.78, 5) is 0. The Morgan fingerprint density at radius 1 is 1.47 bits per heavy atom. The fourth-order valence-corrected chi connectivity index (χ4v) is 2.97. The molecular formula is C12H18BrNO. The minimum absolute atomic E-state index is 0.371. The normalized spacial score (nSPS) is 12.9. The first-order chi connectivity index (χ1) is 6.99. The van der Waals surface area contributed by atoms with Gasteiger partial charge in [0.15, 0.2) is 0 Å². The van der Waals surface area contributed by atoms with Crippen LogP contribution in [0.1, 0.15) is 36.0 Å². The van der Waals surface area contributed by atoms with Crippen LogP contribution in [-0.2, 0) is 0 Å². The van der Waals surface area contributed by atoms with E-state index in [1.165, 1.54) is 5.56 Å². The molecule has 0 bridgehead atoms. The van der Waals surface area contributed by atoms with Gasteiger partial charge in [-0.25, -0.2) is 0 Å². The van der Waals surface area contributed by atoms with E-state index in [4.69, 9.17) is 5.73 Å². The van der Waals surface area contributed by atoms with Crippen molar-refractivity contribution in [3.05, 3.63) is 27.2 Å². The summed E-state index contributed by atoms with van der Waals surface area (Å²) in [6, 6.07) is 1.96. The van der Waals surface area contributed by atoms with Crippen molar-refractivity contribution in [2.45, 2.75) is 33.1 Å². The van der Waals surface area contributed by atoms with Gasteiger partial charge in [-0.2, -0.15) is 0 Å². The zero-order valence-electron chi connectivity index (χ0n) is 9.47. The van der Waals surface area contributed by atoms with E-state index in [1.807, 2.05) is 19.9 Å². The lowest BCUT2D eigenvalue weighted by atomic mass is 9.92. The van der Waals surface area contributed by atoms with Crippen molar-refractivity contribution in [3.8, 4) is 5.75 Å². The van der Waals surface area contributed by atoms with Crippen LogP contribution in [0.5, 0.6) is 5.75 Å². The van der Waals surface area contributed by atoms with Crippen molar-refractivity contribution in [3.63, 3.8) is 0 Å². The second-order valence-electron chi connectivity index (χ2n) is 4.04. The highest BCUT2D eigenvalue weighted by atomic mass is 79.9. The molecule has 1 aromatic rings. The number of phenols is 1. The average molecular weight is 272 g/mol. The zero-order valence-corrected chi connectivity index (χ0v) is 11.1. The lowest BCUT2D eigenvalue weighted by molar-refractivity contribution is 0.464. The van der Waals surface area contributed by atoms with Crippen LogP contribution in [0.25, 0.3) is 0 Å². The van der Waals surface area contributed by atoms with Crippen molar-refractivity contribution < 1.29 is 5.11 Å². The average Bonchev–Trinajstić information content (AvgIpc) is 2.15. The van der Waals surface area contributed by atoms with E-state index in [1.54, 1.807) is 0 Å². The highest BCUT2D eigenvalue weighted by Crippen LogP contribution is 2.36. The van der Waals surface area contributed by atoms with Gasteiger partial charge in [-0.15, -0.1) is 0 Å². The number of halogens is 1. The van der Waals surface area contributed by atoms with Crippen molar-refractivity contribution in [1.82, 2.24) is 0 Å². The Morgan fingerprint density at radius 2 is 2.07 bits per heavy atom. The second-order valence-corrected chi connectivity index (χ2v) is 4.90. The Balaban J connectivity index is 3.23. The molecule has 0 saturated heterocycles. The molecule has 0 saturated carbocycles. The summed E-state index contributed by atoms with van der Waals surface area (Å²) in [5.41, 5.74) is 8.59. The maximum Gasteiger partial charge on any atom is 0.121 e. The Labute approximate surface area is 99.6 Å². The highest BCUT2D eigenvalue weighted by molar-refractivity contribution is 9.10. The van der Waals surface area contributed by atoms with Gasteiger partial charge in [0.2, 0.25) is 0 Å². The number of benzene rings is 1. The van der Waals surface area contributed by atoms with Gasteiger partial charge in [0.25, 0.3) is 0 Å². The van der Waals surface area contributed by atoms with Gasteiger partial charge in [-0.3, -0.25) is 0 Å². The maximum atomic E-state index is 9.88. The Morgan fingerprint density at radius 3 is 2.60 bits per heavy atom. The van der Waals surface area contributed by atoms with Crippen LogP contribution in [0.3, 0.4) is 0 Å². The Hall–Kier alpha value is -0.540. The van der Waals surface area contributed by atoms with Gasteiger partial charge in [-0.05, 0) is 55.5 Å². The predicted molar refractivity (Wildman–Crippen MR) is 67.4 cm³/mol. The molecule has 15 heavy (non-hydrogen) atoms. The lowest BCUT2D eigenvalue weighted by Gasteiger charge is -2.18. The number of hydrogen-bond acceptors (Lipinski definition) is 2. The number of aryl methyl sites for hydroxylation is 1. The van der Waals surface area contributed by atoms with E-state index in [2.05, 4.69) is 22.9 Å². The molecule has 0 spiro atoms. The monoisotopic (exact) mass is 271 g/mol. The van der Waals surface area contributed by atoms with Crippen LogP contribution < -0.4 is 5.73 Å². The zero-order chi connectivity index (χ0) is 11.6. The van der Waals surface area contributed by atoms with Crippen LogP contribution in [0.2, 0.25) is 0 Å².